The normalized spacial score (nSPS) is 10.5. The highest BCUT2D eigenvalue weighted by atomic mass is 79.9. The van der Waals surface area contributed by atoms with E-state index in [1.165, 1.54) is 44.9 Å². The monoisotopic (exact) mass is 384 g/mol. The van der Waals surface area contributed by atoms with Crippen LogP contribution in [0, 0.1) is 0 Å². The van der Waals surface area contributed by atoms with E-state index in [1.54, 1.807) is 19.1 Å². The van der Waals surface area contributed by atoms with Crippen LogP contribution in [0.5, 0.6) is 5.75 Å². The Hall–Kier alpha value is -1.03. The number of ether oxygens (including phenoxy) is 2. The molecular formula is C19H29BrO3. The summed E-state index contributed by atoms with van der Waals surface area (Å²) in [6, 6.07) is 7.16. The number of esters is 1. The Kier molecular flexibility index (Phi) is 11.7. The molecule has 0 aliphatic heterocycles. The molecule has 0 saturated carbocycles. The van der Waals surface area contributed by atoms with Gasteiger partial charge < -0.3 is 9.47 Å². The summed E-state index contributed by atoms with van der Waals surface area (Å²) in [5, 5.41) is 1.13. The van der Waals surface area contributed by atoms with Gasteiger partial charge in [0.25, 0.3) is 0 Å². The molecule has 0 amide bonds. The first-order valence-corrected chi connectivity index (χ1v) is 9.86. The van der Waals surface area contributed by atoms with Crippen molar-refractivity contribution in [2.45, 2.75) is 58.3 Å². The fraction of sp³-hybridized carbons (Fsp3) is 0.632. The summed E-state index contributed by atoms with van der Waals surface area (Å²) in [5.41, 5.74) is 0.569. The van der Waals surface area contributed by atoms with Crippen molar-refractivity contribution in [3.63, 3.8) is 0 Å². The van der Waals surface area contributed by atoms with E-state index in [-0.39, 0.29) is 5.97 Å². The molecule has 0 atom stereocenters. The van der Waals surface area contributed by atoms with Gasteiger partial charge >= 0.3 is 5.97 Å². The van der Waals surface area contributed by atoms with Crippen molar-refractivity contribution in [3.05, 3.63) is 29.8 Å². The number of carbonyl (C=O) groups excluding carboxylic acids is 1. The molecule has 0 aliphatic rings. The van der Waals surface area contributed by atoms with Crippen LogP contribution in [0.4, 0.5) is 0 Å². The molecule has 130 valence electrons. The molecule has 0 radical (unpaired) electrons. The summed E-state index contributed by atoms with van der Waals surface area (Å²) in [6.45, 7) is 2.94. The molecule has 0 fully saturated rings. The van der Waals surface area contributed by atoms with Crippen LogP contribution in [0.1, 0.15) is 68.6 Å². The van der Waals surface area contributed by atoms with Gasteiger partial charge in [-0.25, -0.2) is 4.79 Å². The minimum atomic E-state index is -0.282. The zero-order valence-corrected chi connectivity index (χ0v) is 15.8. The Morgan fingerprint density at radius 2 is 1.48 bits per heavy atom. The number of rotatable bonds is 13. The summed E-state index contributed by atoms with van der Waals surface area (Å²) >= 11 is 3.46. The zero-order valence-electron chi connectivity index (χ0n) is 14.2. The van der Waals surface area contributed by atoms with Gasteiger partial charge in [0.2, 0.25) is 0 Å². The van der Waals surface area contributed by atoms with Crippen LogP contribution in [0.3, 0.4) is 0 Å². The Balaban J connectivity index is 2.04. The van der Waals surface area contributed by atoms with E-state index in [0.29, 0.717) is 12.2 Å². The van der Waals surface area contributed by atoms with Gasteiger partial charge in [-0.2, -0.15) is 0 Å². The molecule has 3 nitrogen and oxygen atoms in total. The van der Waals surface area contributed by atoms with Crippen LogP contribution in [0.15, 0.2) is 24.3 Å². The quantitative estimate of drug-likeness (QED) is 0.246. The number of alkyl halides is 1. The van der Waals surface area contributed by atoms with Crippen molar-refractivity contribution in [2.24, 2.45) is 0 Å². The lowest BCUT2D eigenvalue weighted by molar-refractivity contribution is 0.0526. The minimum absolute atomic E-state index is 0.282. The molecule has 0 aliphatic carbocycles. The summed E-state index contributed by atoms with van der Waals surface area (Å²) in [7, 11) is 0. The Labute approximate surface area is 148 Å². The first-order chi connectivity index (χ1) is 11.3. The molecule has 0 N–H and O–H groups in total. The summed E-state index contributed by atoms with van der Waals surface area (Å²) in [4.78, 5) is 11.5. The van der Waals surface area contributed by atoms with Gasteiger partial charge in [-0.05, 0) is 44.0 Å². The number of unbranched alkanes of at least 4 members (excludes halogenated alkanes) is 7. The van der Waals surface area contributed by atoms with E-state index in [1.807, 2.05) is 12.1 Å². The first kappa shape index (κ1) is 20.0. The molecule has 0 saturated heterocycles. The van der Waals surface area contributed by atoms with E-state index >= 15 is 0 Å². The lowest BCUT2D eigenvalue weighted by atomic mass is 10.1. The molecule has 1 aromatic carbocycles. The van der Waals surface area contributed by atoms with Crippen molar-refractivity contribution in [1.82, 2.24) is 0 Å². The maximum absolute atomic E-state index is 11.5. The highest BCUT2D eigenvalue weighted by Crippen LogP contribution is 2.14. The first-order valence-electron chi connectivity index (χ1n) is 8.74. The largest absolute Gasteiger partial charge is 0.494 e. The molecule has 4 heteroatoms. The highest BCUT2D eigenvalue weighted by molar-refractivity contribution is 9.09. The summed E-state index contributed by atoms with van der Waals surface area (Å²) in [5.74, 6) is 0.531. The Bertz CT molecular complexity index is 417. The maximum atomic E-state index is 11.5. The molecule has 0 unspecified atom stereocenters. The standard InChI is InChI=1S/C19H29BrO3/c1-2-22-19(21)17-11-13-18(14-12-17)23-16-10-8-6-4-3-5-7-9-15-20/h11-14H,2-10,15-16H2,1H3. The van der Waals surface area contributed by atoms with E-state index < -0.39 is 0 Å². The summed E-state index contributed by atoms with van der Waals surface area (Å²) < 4.78 is 10.7. The van der Waals surface area contributed by atoms with Crippen molar-refractivity contribution in [1.29, 1.82) is 0 Å². The maximum Gasteiger partial charge on any atom is 0.338 e. The van der Waals surface area contributed by atoms with Gasteiger partial charge in [-0.1, -0.05) is 54.5 Å². The second-order valence-electron chi connectivity index (χ2n) is 5.61. The molecule has 23 heavy (non-hydrogen) atoms. The van der Waals surface area contributed by atoms with Gasteiger partial charge in [0, 0.05) is 5.33 Å². The van der Waals surface area contributed by atoms with Gasteiger partial charge in [0.1, 0.15) is 5.75 Å². The lowest BCUT2D eigenvalue weighted by Gasteiger charge is -2.07. The predicted octanol–water partition coefficient (Wildman–Crippen LogP) is 5.76. The van der Waals surface area contributed by atoms with E-state index in [9.17, 15) is 4.79 Å². The molecule has 0 spiro atoms. The zero-order chi connectivity index (χ0) is 16.8. The van der Waals surface area contributed by atoms with Crippen molar-refractivity contribution < 1.29 is 14.3 Å². The van der Waals surface area contributed by atoms with Crippen LogP contribution >= 0.6 is 15.9 Å². The summed E-state index contributed by atoms with van der Waals surface area (Å²) in [6.07, 6.45) is 10.3. The van der Waals surface area contributed by atoms with Gasteiger partial charge in [0.15, 0.2) is 0 Å². The van der Waals surface area contributed by atoms with Crippen LogP contribution in [-0.4, -0.2) is 24.5 Å². The third-order valence-electron chi connectivity index (χ3n) is 3.66. The molecule has 0 aromatic heterocycles. The number of halogens is 1. The van der Waals surface area contributed by atoms with Crippen molar-refractivity contribution in [2.75, 3.05) is 18.5 Å². The number of hydrogen-bond donors (Lipinski definition) is 0. The van der Waals surface area contributed by atoms with Crippen molar-refractivity contribution >= 4 is 21.9 Å². The van der Waals surface area contributed by atoms with Crippen LogP contribution in [0.25, 0.3) is 0 Å². The smallest absolute Gasteiger partial charge is 0.338 e. The van der Waals surface area contributed by atoms with Crippen LogP contribution in [-0.2, 0) is 4.74 Å². The minimum Gasteiger partial charge on any atom is -0.494 e. The topological polar surface area (TPSA) is 35.5 Å². The predicted molar refractivity (Wildman–Crippen MR) is 98.6 cm³/mol. The van der Waals surface area contributed by atoms with E-state index in [0.717, 1.165) is 24.1 Å². The van der Waals surface area contributed by atoms with Crippen LogP contribution < -0.4 is 4.74 Å². The van der Waals surface area contributed by atoms with Gasteiger partial charge in [-0.15, -0.1) is 0 Å². The third kappa shape index (κ3) is 9.65. The van der Waals surface area contributed by atoms with Gasteiger partial charge in [-0.3, -0.25) is 0 Å². The Morgan fingerprint density at radius 3 is 2.04 bits per heavy atom. The molecule has 1 aromatic rings. The molecule has 0 bridgehead atoms. The fourth-order valence-corrected chi connectivity index (χ4v) is 2.75. The van der Waals surface area contributed by atoms with Crippen molar-refractivity contribution in [3.8, 4) is 5.75 Å². The molecule has 1 rings (SSSR count). The SMILES string of the molecule is CCOC(=O)c1ccc(OCCCCCCCCCCBr)cc1. The number of hydrogen-bond acceptors (Lipinski definition) is 3. The number of benzene rings is 1. The lowest BCUT2D eigenvalue weighted by Crippen LogP contribution is -2.04. The van der Waals surface area contributed by atoms with E-state index in [2.05, 4.69) is 15.9 Å². The number of carbonyl (C=O) groups is 1. The second-order valence-corrected chi connectivity index (χ2v) is 6.40. The average molecular weight is 385 g/mol. The second kappa shape index (κ2) is 13.4. The Morgan fingerprint density at radius 1 is 0.913 bits per heavy atom. The molecule has 0 heterocycles. The third-order valence-corrected chi connectivity index (χ3v) is 4.22. The fourth-order valence-electron chi connectivity index (χ4n) is 2.35. The van der Waals surface area contributed by atoms with E-state index in [4.69, 9.17) is 9.47 Å². The highest BCUT2D eigenvalue weighted by Gasteiger charge is 2.05. The average Bonchev–Trinajstić information content (AvgIpc) is 2.57. The molecular weight excluding hydrogens is 356 g/mol. The van der Waals surface area contributed by atoms with Crippen LogP contribution in [0.2, 0.25) is 0 Å². The van der Waals surface area contributed by atoms with Gasteiger partial charge in [0.05, 0.1) is 18.8 Å².